The molecule has 102 valence electrons. The smallest absolute Gasteiger partial charge is 0.277 e. The Morgan fingerprint density at radius 3 is 2.65 bits per heavy atom. The van der Waals surface area contributed by atoms with Crippen LogP contribution in [0.3, 0.4) is 0 Å². The zero-order valence-corrected chi connectivity index (χ0v) is 12.9. The van der Waals surface area contributed by atoms with Gasteiger partial charge in [0, 0.05) is 5.75 Å². The monoisotopic (exact) mass is 302 g/mol. The topological polar surface area (TPSA) is 38.9 Å². The van der Waals surface area contributed by atoms with Gasteiger partial charge in [0.05, 0.1) is 4.88 Å². The molecule has 0 aliphatic carbocycles. The molecule has 2 aromatic heterocycles. The zero-order chi connectivity index (χ0) is 13.9. The summed E-state index contributed by atoms with van der Waals surface area (Å²) in [6.45, 7) is 4.23. The average Bonchev–Trinajstić information content (AvgIpc) is 3.06. The molecule has 3 aromatic rings. The SMILES string of the molecule is Cc1cc(C)cc(CSc2nnc(-c3cccs3)o2)c1. The van der Waals surface area contributed by atoms with Crippen molar-refractivity contribution < 1.29 is 4.42 Å². The van der Waals surface area contributed by atoms with E-state index in [1.165, 1.54) is 16.7 Å². The molecule has 3 nitrogen and oxygen atoms in total. The van der Waals surface area contributed by atoms with Crippen LogP contribution >= 0.6 is 23.1 Å². The lowest BCUT2D eigenvalue weighted by Gasteiger charge is -2.02. The Labute approximate surface area is 126 Å². The predicted octanol–water partition coefficient (Wildman–Crippen LogP) is 4.71. The Morgan fingerprint density at radius 1 is 1.15 bits per heavy atom. The van der Waals surface area contributed by atoms with Gasteiger partial charge in [-0.3, -0.25) is 0 Å². The van der Waals surface area contributed by atoms with Crippen LogP contribution in [0.2, 0.25) is 0 Å². The van der Waals surface area contributed by atoms with Gasteiger partial charge in [0.15, 0.2) is 0 Å². The Kier molecular flexibility index (Phi) is 3.89. The van der Waals surface area contributed by atoms with Crippen molar-refractivity contribution in [2.24, 2.45) is 0 Å². The Balaban J connectivity index is 1.69. The minimum absolute atomic E-state index is 0.600. The average molecular weight is 302 g/mol. The van der Waals surface area contributed by atoms with Gasteiger partial charge < -0.3 is 4.42 Å². The maximum absolute atomic E-state index is 5.66. The second kappa shape index (κ2) is 5.81. The first-order valence-electron chi connectivity index (χ1n) is 6.28. The van der Waals surface area contributed by atoms with Crippen molar-refractivity contribution in [3.63, 3.8) is 0 Å². The van der Waals surface area contributed by atoms with E-state index in [0.717, 1.165) is 10.6 Å². The highest BCUT2D eigenvalue weighted by atomic mass is 32.2. The van der Waals surface area contributed by atoms with Crippen LogP contribution in [0.15, 0.2) is 45.4 Å². The maximum atomic E-state index is 5.66. The molecule has 0 saturated heterocycles. The van der Waals surface area contributed by atoms with E-state index < -0.39 is 0 Å². The van der Waals surface area contributed by atoms with Crippen molar-refractivity contribution in [2.45, 2.75) is 24.8 Å². The number of thiophene rings is 1. The van der Waals surface area contributed by atoms with Crippen LogP contribution in [0.25, 0.3) is 10.8 Å². The van der Waals surface area contributed by atoms with Gasteiger partial charge in [-0.1, -0.05) is 47.2 Å². The van der Waals surface area contributed by atoms with Crippen LogP contribution in [0.4, 0.5) is 0 Å². The van der Waals surface area contributed by atoms with E-state index in [1.807, 2.05) is 17.5 Å². The van der Waals surface area contributed by atoms with E-state index >= 15 is 0 Å². The minimum atomic E-state index is 0.600. The van der Waals surface area contributed by atoms with Crippen molar-refractivity contribution in [2.75, 3.05) is 0 Å². The molecule has 0 fully saturated rings. The zero-order valence-electron chi connectivity index (χ0n) is 11.3. The lowest BCUT2D eigenvalue weighted by atomic mass is 10.1. The van der Waals surface area contributed by atoms with E-state index in [-0.39, 0.29) is 0 Å². The van der Waals surface area contributed by atoms with E-state index in [4.69, 9.17) is 4.42 Å². The summed E-state index contributed by atoms with van der Waals surface area (Å²) in [4.78, 5) is 1.01. The third kappa shape index (κ3) is 3.11. The quantitative estimate of drug-likeness (QED) is 0.654. The highest BCUT2D eigenvalue weighted by molar-refractivity contribution is 7.98. The molecular weight excluding hydrogens is 288 g/mol. The fourth-order valence-electron chi connectivity index (χ4n) is 2.07. The van der Waals surface area contributed by atoms with Gasteiger partial charge in [0.1, 0.15) is 0 Å². The third-order valence-electron chi connectivity index (χ3n) is 2.78. The molecular formula is C15H14N2OS2. The molecule has 5 heteroatoms. The Bertz CT molecular complexity index is 684. The number of thioether (sulfide) groups is 1. The summed E-state index contributed by atoms with van der Waals surface area (Å²) < 4.78 is 5.66. The second-order valence-electron chi connectivity index (χ2n) is 4.64. The standard InChI is InChI=1S/C15H14N2OS2/c1-10-6-11(2)8-12(7-10)9-20-15-17-16-14(18-15)13-4-3-5-19-13/h3-8H,9H2,1-2H3. The molecule has 2 heterocycles. The van der Waals surface area contributed by atoms with Gasteiger partial charge in [-0.15, -0.1) is 21.5 Å². The lowest BCUT2D eigenvalue weighted by molar-refractivity contribution is 0.466. The molecule has 0 N–H and O–H groups in total. The van der Waals surface area contributed by atoms with Crippen molar-refractivity contribution in [3.05, 3.63) is 52.4 Å². The van der Waals surface area contributed by atoms with Crippen LogP contribution in [-0.4, -0.2) is 10.2 Å². The van der Waals surface area contributed by atoms with Crippen LogP contribution in [0.1, 0.15) is 16.7 Å². The minimum Gasteiger partial charge on any atom is -0.410 e. The number of hydrogen-bond acceptors (Lipinski definition) is 5. The van der Waals surface area contributed by atoms with E-state index in [9.17, 15) is 0 Å². The summed E-state index contributed by atoms with van der Waals surface area (Å²) in [7, 11) is 0. The molecule has 0 aliphatic rings. The largest absolute Gasteiger partial charge is 0.410 e. The summed E-state index contributed by atoms with van der Waals surface area (Å²) in [6, 6.07) is 10.5. The summed E-state index contributed by atoms with van der Waals surface area (Å²) in [6.07, 6.45) is 0. The fraction of sp³-hybridized carbons (Fsp3) is 0.200. The van der Waals surface area contributed by atoms with Crippen molar-refractivity contribution in [1.29, 1.82) is 0 Å². The van der Waals surface area contributed by atoms with E-state index in [0.29, 0.717) is 11.1 Å². The number of aryl methyl sites for hydroxylation is 2. The molecule has 1 aromatic carbocycles. The van der Waals surface area contributed by atoms with Gasteiger partial charge in [-0.2, -0.15) is 0 Å². The maximum Gasteiger partial charge on any atom is 0.277 e. The molecule has 0 bridgehead atoms. The number of aromatic nitrogens is 2. The summed E-state index contributed by atoms with van der Waals surface area (Å²) in [5.41, 5.74) is 3.85. The fourth-order valence-corrected chi connectivity index (χ4v) is 3.40. The van der Waals surface area contributed by atoms with Gasteiger partial charge in [-0.05, 0) is 30.9 Å². The van der Waals surface area contributed by atoms with E-state index in [2.05, 4.69) is 42.2 Å². The van der Waals surface area contributed by atoms with Crippen LogP contribution in [0.5, 0.6) is 0 Å². The summed E-state index contributed by atoms with van der Waals surface area (Å²) >= 11 is 3.18. The molecule has 0 unspecified atom stereocenters. The van der Waals surface area contributed by atoms with Gasteiger partial charge in [-0.25, -0.2) is 0 Å². The number of hydrogen-bond donors (Lipinski definition) is 0. The van der Waals surface area contributed by atoms with E-state index in [1.54, 1.807) is 23.1 Å². The number of nitrogens with zero attached hydrogens (tertiary/aromatic N) is 2. The van der Waals surface area contributed by atoms with Gasteiger partial charge >= 0.3 is 0 Å². The van der Waals surface area contributed by atoms with Crippen LogP contribution in [0, 0.1) is 13.8 Å². The Hall–Kier alpha value is -1.59. The summed E-state index contributed by atoms with van der Waals surface area (Å²) in [5.74, 6) is 1.44. The number of benzene rings is 1. The molecule has 20 heavy (non-hydrogen) atoms. The normalized spacial score (nSPS) is 10.9. The molecule has 0 aliphatic heterocycles. The first-order valence-corrected chi connectivity index (χ1v) is 8.14. The first kappa shape index (κ1) is 13.4. The molecule has 0 amide bonds. The molecule has 0 spiro atoms. The summed E-state index contributed by atoms with van der Waals surface area (Å²) in [5, 5.41) is 10.8. The van der Waals surface area contributed by atoms with Crippen molar-refractivity contribution in [3.8, 4) is 10.8 Å². The van der Waals surface area contributed by atoms with Crippen LogP contribution < -0.4 is 0 Å². The first-order chi connectivity index (χ1) is 9.70. The van der Waals surface area contributed by atoms with Crippen LogP contribution in [-0.2, 0) is 5.75 Å². The number of rotatable bonds is 4. The third-order valence-corrected chi connectivity index (χ3v) is 4.53. The molecule has 0 saturated carbocycles. The molecule has 0 atom stereocenters. The predicted molar refractivity (Wildman–Crippen MR) is 83.1 cm³/mol. The van der Waals surface area contributed by atoms with Crippen molar-refractivity contribution >= 4 is 23.1 Å². The highest BCUT2D eigenvalue weighted by Crippen LogP contribution is 2.28. The molecule has 0 radical (unpaired) electrons. The van der Waals surface area contributed by atoms with Gasteiger partial charge in [0.25, 0.3) is 11.1 Å². The molecule has 3 rings (SSSR count). The second-order valence-corrected chi connectivity index (χ2v) is 6.51. The Morgan fingerprint density at radius 2 is 1.95 bits per heavy atom. The highest BCUT2D eigenvalue weighted by Gasteiger charge is 2.10. The van der Waals surface area contributed by atoms with Gasteiger partial charge in [0.2, 0.25) is 0 Å². The van der Waals surface area contributed by atoms with Crippen molar-refractivity contribution in [1.82, 2.24) is 10.2 Å². The lowest BCUT2D eigenvalue weighted by Crippen LogP contribution is -1.85.